The molecule has 1 rings (SSSR count). The molecule has 0 spiro atoms. The standard InChI is InChI=1S/C11H20N4O2/c1-4-6-17-7-5-11(16)15(3)8-10-12-9(2)13-14-10/h4-8H2,1-3H3,(H,12,13,14). The first-order valence-electron chi connectivity index (χ1n) is 5.83. The maximum absolute atomic E-state index is 11.7. The van der Waals surface area contributed by atoms with Crippen LogP contribution in [0.25, 0.3) is 0 Å². The lowest BCUT2D eigenvalue weighted by atomic mass is 10.4. The van der Waals surface area contributed by atoms with Crippen molar-refractivity contribution in [1.29, 1.82) is 0 Å². The second kappa shape index (κ2) is 7.01. The van der Waals surface area contributed by atoms with Gasteiger partial charge < -0.3 is 9.64 Å². The Labute approximate surface area is 101 Å². The molecular weight excluding hydrogens is 220 g/mol. The lowest BCUT2D eigenvalue weighted by Gasteiger charge is -2.15. The maximum Gasteiger partial charge on any atom is 0.225 e. The van der Waals surface area contributed by atoms with Crippen LogP contribution in [0, 0.1) is 6.92 Å². The van der Waals surface area contributed by atoms with E-state index in [0.717, 1.165) is 12.2 Å². The van der Waals surface area contributed by atoms with Crippen molar-refractivity contribution in [2.75, 3.05) is 20.3 Å². The number of hydrogen-bond acceptors (Lipinski definition) is 4. The fraction of sp³-hybridized carbons (Fsp3) is 0.727. The van der Waals surface area contributed by atoms with E-state index in [2.05, 4.69) is 15.2 Å². The molecule has 0 saturated heterocycles. The summed E-state index contributed by atoms with van der Waals surface area (Å²) in [6.07, 6.45) is 1.38. The number of hydrogen-bond donors (Lipinski definition) is 1. The minimum Gasteiger partial charge on any atom is -0.381 e. The van der Waals surface area contributed by atoms with Crippen molar-refractivity contribution in [2.24, 2.45) is 0 Å². The third-order valence-electron chi connectivity index (χ3n) is 2.26. The number of rotatable bonds is 7. The molecule has 0 aliphatic heterocycles. The number of aromatic nitrogens is 3. The monoisotopic (exact) mass is 240 g/mol. The number of carbonyl (C=O) groups is 1. The molecule has 0 fully saturated rings. The van der Waals surface area contributed by atoms with E-state index in [-0.39, 0.29) is 5.91 Å². The first kappa shape index (κ1) is 13.6. The third-order valence-corrected chi connectivity index (χ3v) is 2.26. The van der Waals surface area contributed by atoms with Crippen molar-refractivity contribution in [3.05, 3.63) is 11.6 Å². The largest absolute Gasteiger partial charge is 0.381 e. The Kier molecular flexibility index (Phi) is 5.62. The minimum absolute atomic E-state index is 0.0450. The Morgan fingerprint density at radius 3 is 2.82 bits per heavy atom. The first-order valence-corrected chi connectivity index (χ1v) is 5.83. The smallest absolute Gasteiger partial charge is 0.225 e. The van der Waals surface area contributed by atoms with E-state index in [1.54, 1.807) is 11.9 Å². The zero-order valence-corrected chi connectivity index (χ0v) is 10.7. The van der Waals surface area contributed by atoms with E-state index in [1.807, 2.05) is 13.8 Å². The number of amides is 1. The molecule has 1 aromatic heterocycles. The summed E-state index contributed by atoms with van der Waals surface area (Å²) < 4.78 is 5.27. The molecule has 6 heteroatoms. The van der Waals surface area contributed by atoms with Crippen LogP contribution in [0.2, 0.25) is 0 Å². The Hall–Kier alpha value is -1.43. The molecule has 1 N–H and O–H groups in total. The molecule has 0 bridgehead atoms. The number of H-pyrrole nitrogens is 1. The number of ether oxygens (including phenoxy) is 1. The molecule has 17 heavy (non-hydrogen) atoms. The van der Waals surface area contributed by atoms with Crippen molar-refractivity contribution >= 4 is 5.91 Å². The van der Waals surface area contributed by atoms with Gasteiger partial charge in [0.15, 0.2) is 5.82 Å². The normalized spacial score (nSPS) is 10.5. The molecule has 0 aliphatic rings. The highest BCUT2D eigenvalue weighted by molar-refractivity contribution is 5.75. The molecule has 0 aromatic carbocycles. The van der Waals surface area contributed by atoms with Gasteiger partial charge in [-0.1, -0.05) is 6.92 Å². The van der Waals surface area contributed by atoms with Gasteiger partial charge in [-0.15, -0.1) is 0 Å². The molecule has 0 atom stereocenters. The first-order chi connectivity index (χ1) is 8.13. The molecular formula is C11H20N4O2. The quantitative estimate of drug-likeness (QED) is 0.718. The zero-order chi connectivity index (χ0) is 12.7. The highest BCUT2D eigenvalue weighted by Crippen LogP contribution is 1.99. The van der Waals surface area contributed by atoms with Gasteiger partial charge in [-0.3, -0.25) is 9.89 Å². The predicted octanol–water partition coefficient (Wildman–Crippen LogP) is 0.888. The number of nitrogens with zero attached hydrogens (tertiary/aromatic N) is 3. The van der Waals surface area contributed by atoms with E-state index in [4.69, 9.17) is 4.74 Å². The molecule has 0 unspecified atom stereocenters. The highest BCUT2D eigenvalue weighted by Gasteiger charge is 2.11. The highest BCUT2D eigenvalue weighted by atomic mass is 16.5. The summed E-state index contributed by atoms with van der Waals surface area (Å²) in [5, 5.41) is 6.74. The maximum atomic E-state index is 11.7. The lowest BCUT2D eigenvalue weighted by molar-refractivity contribution is -0.131. The van der Waals surface area contributed by atoms with E-state index in [9.17, 15) is 4.79 Å². The molecule has 1 amide bonds. The van der Waals surface area contributed by atoms with E-state index in [1.165, 1.54) is 0 Å². The molecule has 1 aromatic rings. The predicted molar refractivity (Wildman–Crippen MR) is 63.3 cm³/mol. The van der Waals surface area contributed by atoms with Crippen LogP contribution in [0.1, 0.15) is 31.4 Å². The fourth-order valence-corrected chi connectivity index (χ4v) is 1.36. The number of aryl methyl sites for hydroxylation is 1. The van der Waals surface area contributed by atoms with Gasteiger partial charge in [-0.25, -0.2) is 4.98 Å². The zero-order valence-electron chi connectivity index (χ0n) is 10.7. The van der Waals surface area contributed by atoms with Gasteiger partial charge in [0, 0.05) is 13.7 Å². The topological polar surface area (TPSA) is 71.1 Å². The van der Waals surface area contributed by atoms with Gasteiger partial charge in [0.1, 0.15) is 5.82 Å². The summed E-state index contributed by atoms with van der Waals surface area (Å²) >= 11 is 0. The van der Waals surface area contributed by atoms with Gasteiger partial charge in [-0.2, -0.15) is 5.10 Å². The summed E-state index contributed by atoms with van der Waals surface area (Å²) in [6, 6.07) is 0. The summed E-state index contributed by atoms with van der Waals surface area (Å²) in [4.78, 5) is 17.5. The van der Waals surface area contributed by atoms with Gasteiger partial charge >= 0.3 is 0 Å². The lowest BCUT2D eigenvalue weighted by Crippen LogP contribution is -2.27. The summed E-state index contributed by atoms with van der Waals surface area (Å²) in [7, 11) is 1.74. The van der Waals surface area contributed by atoms with Crippen LogP contribution in [-0.4, -0.2) is 46.2 Å². The Morgan fingerprint density at radius 1 is 1.47 bits per heavy atom. The average Bonchev–Trinajstić information content (AvgIpc) is 2.70. The van der Waals surface area contributed by atoms with Crippen LogP contribution in [0.3, 0.4) is 0 Å². The van der Waals surface area contributed by atoms with Crippen molar-refractivity contribution in [3.8, 4) is 0 Å². The van der Waals surface area contributed by atoms with Gasteiger partial charge in [0.05, 0.1) is 19.6 Å². The van der Waals surface area contributed by atoms with Crippen molar-refractivity contribution in [3.63, 3.8) is 0 Å². The van der Waals surface area contributed by atoms with Crippen molar-refractivity contribution in [1.82, 2.24) is 20.1 Å². The second-order valence-corrected chi connectivity index (χ2v) is 3.95. The molecule has 96 valence electrons. The molecule has 0 saturated carbocycles. The van der Waals surface area contributed by atoms with Crippen LogP contribution < -0.4 is 0 Å². The van der Waals surface area contributed by atoms with Gasteiger partial charge in [0.25, 0.3) is 0 Å². The summed E-state index contributed by atoms with van der Waals surface area (Å²) in [5.41, 5.74) is 0. The molecule has 1 heterocycles. The van der Waals surface area contributed by atoms with Crippen molar-refractivity contribution in [2.45, 2.75) is 33.2 Å². The number of aromatic amines is 1. The minimum atomic E-state index is 0.0450. The third kappa shape index (κ3) is 4.95. The van der Waals surface area contributed by atoms with E-state index >= 15 is 0 Å². The van der Waals surface area contributed by atoms with Crippen LogP contribution in [0.5, 0.6) is 0 Å². The molecule has 0 radical (unpaired) electrons. The van der Waals surface area contributed by atoms with E-state index < -0.39 is 0 Å². The molecule has 6 nitrogen and oxygen atoms in total. The van der Waals surface area contributed by atoms with Crippen LogP contribution in [0.15, 0.2) is 0 Å². The van der Waals surface area contributed by atoms with Gasteiger partial charge in [0.2, 0.25) is 5.91 Å². The average molecular weight is 240 g/mol. The summed E-state index contributed by atoms with van der Waals surface area (Å²) in [5.74, 6) is 1.43. The summed E-state index contributed by atoms with van der Waals surface area (Å²) in [6.45, 7) is 5.48. The Bertz CT molecular complexity index is 351. The van der Waals surface area contributed by atoms with Crippen LogP contribution in [0.4, 0.5) is 0 Å². The SMILES string of the molecule is CCCOCCC(=O)N(C)Cc1n[nH]c(C)n1. The Morgan fingerprint density at radius 2 is 2.24 bits per heavy atom. The van der Waals surface area contributed by atoms with Crippen molar-refractivity contribution < 1.29 is 9.53 Å². The van der Waals surface area contributed by atoms with E-state index in [0.29, 0.717) is 32.0 Å². The molecule has 0 aliphatic carbocycles. The number of nitrogens with one attached hydrogen (secondary N) is 1. The Balaban J connectivity index is 2.27. The second-order valence-electron chi connectivity index (χ2n) is 3.95. The van der Waals surface area contributed by atoms with Crippen LogP contribution >= 0.6 is 0 Å². The van der Waals surface area contributed by atoms with Crippen LogP contribution in [-0.2, 0) is 16.1 Å². The number of carbonyl (C=O) groups excluding carboxylic acids is 1. The van der Waals surface area contributed by atoms with Gasteiger partial charge in [-0.05, 0) is 13.3 Å². The fourth-order valence-electron chi connectivity index (χ4n) is 1.36.